The molecule has 0 amide bonds. The summed E-state index contributed by atoms with van der Waals surface area (Å²) in [6.45, 7) is 13.4. The van der Waals surface area contributed by atoms with E-state index in [1.54, 1.807) is 0 Å². The number of ether oxygens (including phenoxy) is 1. The van der Waals surface area contributed by atoms with Crippen LogP contribution in [0.15, 0.2) is 24.3 Å². The van der Waals surface area contributed by atoms with Crippen molar-refractivity contribution in [2.45, 2.75) is 54.4 Å². The Hall–Kier alpha value is -1.31. The molecule has 1 rings (SSSR count). The molecule has 22 heavy (non-hydrogen) atoms. The molecule has 0 saturated carbocycles. The van der Waals surface area contributed by atoms with Gasteiger partial charge in [0.05, 0.1) is 6.61 Å². The first-order chi connectivity index (χ1) is 10.3. The minimum absolute atomic E-state index is 0.109. The lowest BCUT2D eigenvalue weighted by Crippen LogP contribution is -2.23. The van der Waals surface area contributed by atoms with E-state index in [-0.39, 0.29) is 11.8 Å². The minimum atomic E-state index is 0.109. The summed E-state index contributed by atoms with van der Waals surface area (Å²) >= 11 is 0. The Balaban J connectivity index is 2.70. The van der Waals surface area contributed by atoms with E-state index in [0.29, 0.717) is 17.6 Å². The molecule has 124 valence electrons. The van der Waals surface area contributed by atoms with Gasteiger partial charge in [-0.25, -0.2) is 0 Å². The summed E-state index contributed by atoms with van der Waals surface area (Å²) < 4.78 is 5.71. The van der Waals surface area contributed by atoms with Crippen molar-refractivity contribution in [3.8, 4) is 5.75 Å². The number of benzene rings is 1. The minimum Gasteiger partial charge on any atom is -0.493 e. The number of carbonyl (C=O) groups is 1. The van der Waals surface area contributed by atoms with Crippen molar-refractivity contribution in [2.24, 2.45) is 23.7 Å². The fourth-order valence-electron chi connectivity index (χ4n) is 2.61. The third-order valence-corrected chi connectivity index (χ3v) is 3.72. The maximum atomic E-state index is 12.4. The fraction of sp³-hybridized carbons (Fsp3) is 0.650. The molecule has 0 radical (unpaired) electrons. The zero-order valence-electron chi connectivity index (χ0n) is 15.1. The lowest BCUT2D eigenvalue weighted by molar-refractivity contribution is -0.126. The third-order valence-electron chi connectivity index (χ3n) is 3.72. The van der Waals surface area contributed by atoms with E-state index >= 15 is 0 Å². The van der Waals surface area contributed by atoms with Gasteiger partial charge in [0.1, 0.15) is 11.5 Å². The number of hydrogen-bond donors (Lipinski definition) is 0. The molecule has 0 aliphatic rings. The largest absolute Gasteiger partial charge is 0.493 e. The van der Waals surface area contributed by atoms with Crippen molar-refractivity contribution in [2.75, 3.05) is 6.61 Å². The van der Waals surface area contributed by atoms with Gasteiger partial charge in [-0.3, -0.25) is 4.79 Å². The van der Waals surface area contributed by atoms with Crippen molar-refractivity contribution in [1.29, 1.82) is 0 Å². The van der Waals surface area contributed by atoms with Crippen molar-refractivity contribution >= 4 is 5.78 Å². The first-order valence-corrected chi connectivity index (χ1v) is 8.55. The number of carbonyl (C=O) groups excluding carboxylic acids is 1. The van der Waals surface area contributed by atoms with Crippen LogP contribution in [0, 0.1) is 23.7 Å². The van der Waals surface area contributed by atoms with Crippen molar-refractivity contribution < 1.29 is 9.53 Å². The second-order valence-corrected chi connectivity index (χ2v) is 7.44. The summed E-state index contributed by atoms with van der Waals surface area (Å²) in [7, 11) is 0. The van der Waals surface area contributed by atoms with E-state index in [0.717, 1.165) is 25.2 Å². The summed E-state index contributed by atoms with van der Waals surface area (Å²) in [6.07, 6.45) is 1.79. The summed E-state index contributed by atoms with van der Waals surface area (Å²) in [4.78, 5) is 12.4. The van der Waals surface area contributed by atoms with Gasteiger partial charge in [0.25, 0.3) is 0 Å². The first kappa shape index (κ1) is 18.7. The highest BCUT2D eigenvalue weighted by Gasteiger charge is 2.22. The predicted molar refractivity (Wildman–Crippen MR) is 93.3 cm³/mol. The molecule has 0 N–H and O–H groups in total. The quantitative estimate of drug-likeness (QED) is 0.630. The van der Waals surface area contributed by atoms with Gasteiger partial charge in [-0.15, -0.1) is 0 Å². The molecule has 0 saturated heterocycles. The van der Waals surface area contributed by atoms with Crippen LogP contribution in [-0.4, -0.2) is 12.4 Å². The molecule has 1 unspecified atom stereocenters. The van der Waals surface area contributed by atoms with Gasteiger partial charge in [0.2, 0.25) is 0 Å². The summed E-state index contributed by atoms with van der Waals surface area (Å²) in [5.74, 6) is 2.60. The molecular weight excluding hydrogens is 272 g/mol. The molecule has 0 fully saturated rings. The van der Waals surface area contributed by atoms with Crippen LogP contribution in [0.4, 0.5) is 0 Å². The van der Waals surface area contributed by atoms with Gasteiger partial charge in [-0.05, 0) is 42.4 Å². The Morgan fingerprint density at radius 1 is 0.955 bits per heavy atom. The molecule has 0 aromatic heterocycles. The van der Waals surface area contributed by atoms with E-state index in [2.05, 4.69) is 39.8 Å². The summed E-state index contributed by atoms with van der Waals surface area (Å²) in [6, 6.07) is 8.22. The number of rotatable bonds is 9. The Morgan fingerprint density at radius 3 is 2.00 bits per heavy atom. The second-order valence-electron chi connectivity index (χ2n) is 7.44. The number of hydrogen-bond acceptors (Lipinski definition) is 2. The first-order valence-electron chi connectivity index (χ1n) is 8.55. The standard InChI is InChI=1S/C20H32O2/c1-14(2)11-18(20(21)16(5)6)12-17-7-9-19(10-8-17)22-13-15(3)4/h7-10,14-16,18H,11-13H2,1-6H3. The van der Waals surface area contributed by atoms with Crippen LogP contribution >= 0.6 is 0 Å². The maximum absolute atomic E-state index is 12.4. The molecule has 0 aliphatic carbocycles. The molecule has 0 aliphatic heterocycles. The Kier molecular flexibility index (Phi) is 7.64. The molecule has 1 aromatic carbocycles. The Morgan fingerprint density at radius 2 is 1.55 bits per heavy atom. The lowest BCUT2D eigenvalue weighted by atomic mass is 9.84. The lowest BCUT2D eigenvalue weighted by Gasteiger charge is -2.20. The van der Waals surface area contributed by atoms with Crippen LogP contribution < -0.4 is 4.74 Å². The van der Waals surface area contributed by atoms with Crippen LogP contribution in [0.2, 0.25) is 0 Å². The second kappa shape index (κ2) is 8.97. The number of ketones is 1. The zero-order valence-corrected chi connectivity index (χ0v) is 15.1. The molecule has 2 heteroatoms. The predicted octanol–water partition coefficient (Wildman–Crippen LogP) is 5.15. The molecule has 1 atom stereocenters. The average molecular weight is 304 g/mol. The van der Waals surface area contributed by atoms with E-state index in [4.69, 9.17) is 4.74 Å². The van der Waals surface area contributed by atoms with E-state index in [1.807, 2.05) is 26.0 Å². The molecule has 0 bridgehead atoms. The van der Waals surface area contributed by atoms with Crippen molar-refractivity contribution in [1.82, 2.24) is 0 Å². The average Bonchev–Trinajstić information content (AvgIpc) is 2.44. The van der Waals surface area contributed by atoms with Crippen LogP contribution in [0.5, 0.6) is 5.75 Å². The highest BCUT2D eigenvalue weighted by Crippen LogP contribution is 2.23. The van der Waals surface area contributed by atoms with Gasteiger partial charge in [0.15, 0.2) is 0 Å². The summed E-state index contributed by atoms with van der Waals surface area (Å²) in [5.41, 5.74) is 1.22. The van der Waals surface area contributed by atoms with Gasteiger partial charge < -0.3 is 4.74 Å². The van der Waals surface area contributed by atoms with E-state index in [9.17, 15) is 4.79 Å². The monoisotopic (exact) mass is 304 g/mol. The highest BCUT2D eigenvalue weighted by atomic mass is 16.5. The zero-order chi connectivity index (χ0) is 16.7. The van der Waals surface area contributed by atoms with Crippen molar-refractivity contribution in [3.05, 3.63) is 29.8 Å². The number of Topliss-reactive ketones (excluding diaryl/α,β-unsaturated/α-hetero) is 1. The topological polar surface area (TPSA) is 26.3 Å². The van der Waals surface area contributed by atoms with Crippen LogP contribution in [0.3, 0.4) is 0 Å². The normalized spacial score (nSPS) is 13.0. The van der Waals surface area contributed by atoms with E-state index in [1.165, 1.54) is 5.56 Å². The van der Waals surface area contributed by atoms with Crippen LogP contribution in [-0.2, 0) is 11.2 Å². The SMILES string of the molecule is CC(C)COc1ccc(CC(CC(C)C)C(=O)C(C)C)cc1. The smallest absolute Gasteiger partial charge is 0.138 e. The van der Waals surface area contributed by atoms with Gasteiger partial charge in [0, 0.05) is 11.8 Å². The molecule has 0 spiro atoms. The van der Waals surface area contributed by atoms with Gasteiger partial charge in [-0.1, -0.05) is 53.7 Å². The third kappa shape index (κ3) is 6.64. The highest BCUT2D eigenvalue weighted by molar-refractivity contribution is 5.83. The van der Waals surface area contributed by atoms with Crippen LogP contribution in [0.1, 0.15) is 53.5 Å². The fourth-order valence-corrected chi connectivity index (χ4v) is 2.61. The van der Waals surface area contributed by atoms with Crippen LogP contribution in [0.25, 0.3) is 0 Å². The molecular formula is C20H32O2. The summed E-state index contributed by atoms with van der Waals surface area (Å²) in [5, 5.41) is 0. The Bertz CT molecular complexity index is 443. The van der Waals surface area contributed by atoms with Crippen molar-refractivity contribution in [3.63, 3.8) is 0 Å². The van der Waals surface area contributed by atoms with E-state index < -0.39 is 0 Å². The molecule has 2 nitrogen and oxygen atoms in total. The molecule has 0 heterocycles. The maximum Gasteiger partial charge on any atom is 0.138 e. The molecule has 1 aromatic rings. The van der Waals surface area contributed by atoms with Gasteiger partial charge in [-0.2, -0.15) is 0 Å². The Labute approximate surface area is 136 Å². The van der Waals surface area contributed by atoms with Gasteiger partial charge >= 0.3 is 0 Å².